The molecule has 6 heteroatoms. The lowest BCUT2D eigenvalue weighted by Gasteiger charge is -2.36. The highest BCUT2D eigenvalue weighted by Crippen LogP contribution is 2.42. The number of rotatable bonds is 4. The van der Waals surface area contributed by atoms with E-state index in [0.717, 1.165) is 32.5 Å². The summed E-state index contributed by atoms with van der Waals surface area (Å²) in [4.78, 5) is 2.45. The molecule has 128 valence electrons. The smallest absolute Gasteiger partial charge is 0.209 e. The predicted octanol–water partition coefficient (Wildman–Crippen LogP) is 1.87. The number of piperidine rings is 1. The van der Waals surface area contributed by atoms with Gasteiger partial charge in [0.2, 0.25) is 10.0 Å². The summed E-state index contributed by atoms with van der Waals surface area (Å²) in [7, 11) is -3.33. The average Bonchev–Trinajstić information content (AvgIpc) is 2.83. The molecule has 2 heterocycles. The van der Waals surface area contributed by atoms with Gasteiger partial charge in [-0.15, -0.1) is 0 Å². The zero-order valence-corrected chi connectivity index (χ0v) is 14.3. The van der Waals surface area contributed by atoms with Crippen molar-refractivity contribution in [1.82, 2.24) is 4.90 Å². The van der Waals surface area contributed by atoms with Gasteiger partial charge in [-0.25, -0.2) is 13.6 Å². The molecule has 0 unspecified atom stereocenters. The van der Waals surface area contributed by atoms with E-state index in [4.69, 9.17) is 9.88 Å². The molecule has 22 heavy (non-hydrogen) atoms. The van der Waals surface area contributed by atoms with Crippen molar-refractivity contribution in [3.05, 3.63) is 0 Å². The summed E-state index contributed by atoms with van der Waals surface area (Å²) < 4.78 is 28.8. The molecule has 1 aliphatic carbocycles. The van der Waals surface area contributed by atoms with Crippen molar-refractivity contribution in [3.63, 3.8) is 0 Å². The molecule has 0 bridgehead atoms. The van der Waals surface area contributed by atoms with Gasteiger partial charge < -0.3 is 9.64 Å². The minimum absolute atomic E-state index is 0.143. The molecule has 2 N–H and O–H groups in total. The molecule has 3 fully saturated rings. The summed E-state index contributed by atoms with van der Waals surface area (Å²) in [6, 6.07) is 0. The van der Waals surface area contributed by atoms with Crippen LogP contribution in [0.25, 0.3) is 0 Å². The summed E-state index contributed by atoms with van der Waals surface area (Å²) in [5.74, 6) is 0.379. The Bertz CT molecular complexity index is 466. The minimum atomic E-state index is -3.33. The summed E-state index contributed by atoms with van der Waals surface area (Å²) in [5, 5.41) is 5.15. The largest absolute Gasteiger partial charge is 0.370 e. The van der Waals surface area contributed by atoms with Crippen LogP contribution >= 0.6 is 0 Å². The zero-order chi connectivity index (χ0) is 15.6. The molecule has 0 aromatic carbocycles. The van der Waals surface area contributed by atoms with Crippen LogP contribution in [0.15, 0.2) is 0 Å². The van der Waals surface area contributed by atoms with Gasteiger partial charge in [-0.1, -0.05) is 19.3 Å². The van der Waals surface area contributed by atoms with Gasteiger partial charge in [0.15, 0.2) is 0 Å². The first kappa shape index (κ1) is 16.7. The summed E-state index contributed by atoms with van der Waals surface area (Å²) in [6.45, 7) is 2.98. The lowest BCUT2D eigenvalue weighted by molar-refractivity contribution is -0.0734. The fourth-order valence-electron chi connectivity index (χ4n) is 4.54. The van der Waals surface area contributed by atoms with Gasteiger partial charge in [-0.3, -0.25) is 0 Å². The van der Waals surface area contributed by atoms with E-state index in [0.29, 0.717) is 6.10 Å². The van der Waals surface area contributed by atoms with Crippen molar-refractivity contribution in [2.45, 2.75) is 69.5 Å². The lowest BCUT2D eigenvalue weighted by atomic mass is 9.83. The Morgan fingerprint density at radius 2 is 1.73 bits per heavy atom. The number of hydrogen-bond donors (Lipinski definition) is 1. The van der Waals surface area contributed by atoms with Gasteiger partial charge in [-0.2, -0.15) is 0 Å². The molecular weight excluding hydrogens is 300 g/mol. The number of nitrogens with zero attached hydrogens (tertiary/aromatic N) is 1. The molecule has 5 nitrogen and oxygen atoms in total. The van der Waals surface area contributed by atoms with Crippen LogP contribution in [0.2, 0.25) is 0 Å². The van der Waals surface area contributed by atoms with Crippen LogP contribution in [0.1, 0.15) is 57.8 Å². The molecule has 0 amide bonds. The van der Waals surface area contributed by atoms with E-state index in [-0.39, 0.29) is 17.3 Å². The maximum absolute atomic E-state index is 11.2. The Balaban J connectivity index is 1.42. The fourth-order valence-corrected chi connectivity index (χ4v) is 5.53. The maximum atomic E-state index is 11.2. The second kappa shape index (κ2) is 6.75. The van der Waals surface area contributed by atoms with Gasteiger partial charge in [0.05, 0.1) is 17.5 Å². The van der Waals surface area contributed by atoms with E-state index in [1.54, 1.807) is 0 Å². The van der Waals surface area contributed by atoms with Crippen molar-refractivity contribution >= 4 is 10.0 Å². The summed E-state index contributed by atoms with van der Waals surface area (Å²) in [6.07, 6.45) is 11.2. The first-order chi connectivity index (χ1) is 10.4. The molecule has 2 aliphatic heterocycles. The first-order valence-corrected chi connectivity index (χ1v) is 10.6. The summed E-state index contributed by atoms with van der Waals surface area (Å²) >= 11 is 0. The Labute approximate surface area is 134 Å². The second-order valence-electron chi connectivity index (χ2n) is 7.60. The van der Waals surface area contributed by atoms with E-state index in [9.17, 15) is 8.42 Å². The van der Waals surface area contributed by atoms with Crippen molar-refractivity contribution in [3.8, 4) is 0 Å². The number of sulfonamides is 1. The first-order valence-electron chi connectivity index (χ1n) is 8.85. The lowest BCUT2D eigenvalue weighted by Crippen LogP contribution is -2.41. The minimum Gasteiger partial charge on any atom is -0.370 e. The zero-order valence-electron chi connectivity index (χ0n) is 13.5. The molecule has 3 rings (SSSR count). The van der Waals surface area contributed by atoms with Gasteiger partial charge in [-0.05, 0) is 57.5 Å². The topological polar surface area (TPSA) is 72.6 Å². The molecule has 0 aromatic rings. The third-order valence-electron chi connectivity index (χ3n) is 5.74. The maximum Gasteiger partial charge on any atom is 0.209 e. The molecule has 3 aliphatic rings. The Morgan fingerprint density at radius 1 is 1.05 bits per heavy atom. The van der Waals surface area contributed by atoms with E-state index in [1.807, 2.05) is 0 Å². The SMILES string of the molecule is NS(=O)(=O)CC1CCN(C[C@@H]2CCC3(CCCCC3)O2)CC1. The van der Waals surface area contributed by atoms with E-state index in [2.05, 4.69) is 4.90 Å². The van der Waals surface area contributed by atoms with Crippen LogP contribution in [0.3, 0.4) is 0 Å². The second-order valence-corrected chi connectivity index (χ2v) is 9.25. The van der Waals surface area contributed by atoms with Crippen LogP contribution in [0.4, 0.5) is 0 Å². The van der Waals surface area contributed by atoms with Crippen molar-refractivity contribution in [1.29, 1.82) is 0 Å². The van der Waals surface area contributed by atoms with Crippen molar-refractivity contribution in [2.24, 2.45) is 11.1 Å². The number of primary sulfonamides is 1. The number of ether oxygens (including phenoxy) is 1. The van der Waals surface area contributed by atoms with Crippen LogP contribution < -0.4 is 5.14 Å². The predicted molar refractivity (Wildman–Crippen MR) is 87.1 cm³/mol. The Morgan fingerprint density at radius 3 is 2.36 bits per heavy atom. The highest BCUT2D eigenvalue weighted by atomic mass is 32.2. The molecule has 0 radical (unpaired) electrons. The molecule has 1 spiro atoms. The van der Waals surface area contributed by atoms with Crippen molar-refractivity contribution in [2.75, 3.05) is 25.4 Å². The van der Waals surface area contributed by atoms with E-state index >= 15 is 0 Å². The molecule has 1 saturated carbocycles. The summed E-state index contributed by atoms with van der Waals surface area (Å²) in [5.41, 5.74) is 0.203. The van der Waals surface area contributed by atoms with Crippen LogP contribution in [-0.2, 0) is 14.8 Å². The van der Waals surface area contributed by atoms with Crippen LogP contribution in [0.5, 0.6) is 0 Å². The van der Waals surface area contributed by atoms with Gasteiger partial charge in [0.1, 0.15) is 0 Å². The standard InChI is InChI=1S/C16H30N2O3S/c17-22(19,20)13-14-5-10-18(11-6-14)12-15-4-9-16(21-15)7-2-1-3-8-16/h14-15H,1-13H2,(H2,17,19,20)/t15-/m0/s1. The molecule has 0 aromatic heterocycles. The van der Waals surface area contributed by atoms with Crippen LogP contribution in [-0.4, -0.2) is 50.4 Å². The Hall–Kier alpha value is -0.170. The Kier molecular flexibility index (Phi) is 5.12. The molecule has 1 atom stereocenters. The molecule has 2 saturated heterocycles. The normalized spacial score (nSPS) is 30.9. The highest BCUT2D eigenvalue weighted by Gasteiger charge is 2.41. The van der Waals surface area contributed by atoms with E-state index < -0.39 is 10.0 Å². The van der Waals surface area contributed by atoms with Gasteiger partial charge in [0.25, 0.3) is 0 Å². The number of likely N-dealkylation sites (tertiary alicyclic amines) is 1. The highest BCUT2D eigenvalue weighted by molar-refractivity contribution is 7.89. The van der Waals surface area contributed by atoms with Crippen LogP contribution in [0, 0.1) is 5.92 Å². The monoisotopic (exact) mass is 330 g/mol. The van der Waals surface area contributed by atoms with Gasteiger partial charge in [0, 0.05) is 6.54 Å². The number of nitrogens with two attached hydrogens (primary N) is 1. The molecular formula is C16H30N2O3S. The number of hydrogen-bond acceptors (Lipinski definition) is 4. The van der Waals surface area contributed by atoms with Gasteiger partial charge >= 0.3 is 0 Å². The van der Waals surface area contributed by atoms with Crippen molar-refractivity contribution < 1.29 is 13.2 Å². The fraction of sp³-hybridized carbons (Fsp3) is 1.00. The van der Waals surface area contributed by atoms with E-state index in [1.165, 1.54) is 44.9 Å². The third-order valence-corrected chi connectivity index (χ3v) is 6.68. The quantitative estimate of drug-likeness (QED) is 0.854. The third kappa shape index (κ3) is 4.43. The average molecular weight is 330 g/mol.